The first-order chi connectivity index (χ1) is 7.99. The van der Waals surface area contributed by atoms with E-state index in [1.54, 1.807) is 6.92 Å². The number of hydrogen-bond acceptors (Lipinski definition) is 3. The zero-order valence-corrected chi connectivity index (χ0v) is 11.6. The highest BCUT2D eigenvalue weighted by atomic mass is 127. The third-order valence-corrected chi connectivity index (χ3v) is 4.07. The van der Waals surface area contributed by atoms with Crippen molar-refractivity contribution in [3.63, 3.8) is 0 Å². The SMILES string of the molecule is Cc1nc(-c2ccc(O)c(F)c2)nc(Cl)c1I. The van der Waals surface area contributed by atoms with E-state index in [2.05, 4.69) is 9.97 Å². The van der Waals surface area contributed by atoms with Gasteiger partial charge in [-0.25, -0.2) is 14.4 Å². The highest BCUT2D eigenvalue weighted by Gasteiger charge is 2.10. The first-order valence-corrected chi connectivity index (χ1v) is 6.13. The molecular formula is C11H7ClFIN2O. The van der Waals surface area contributed by atoms with Crippen LogP contribution in [0.5, 0.6) is 5.75 Å². The van der Waals surface area contributed by atoms with Crippen molar-refractivity contribution in [2.75, 3.05) is 0 Å². The van der Waals surface area contributed by atoms with Crippen LogP contribution >= 0.6 is 34.2 Å². The Hall–Kier alpha value is -0.950. The summed E-state index contributed by atoms with van der Waals surface area (Å²) in [7, 11) is 0. The van der Waals surface area contributed by atoms with E-state index in [-0.39, 0.29) is 0 Å². The van der Waals surface area contributed by atoms with E-state index in [1.165, 1.54) is 18.2 Å². The quantitative estimate of drug-likeness (QED) is 0.622. The number of benzene rings is 1. The number of nitrogens with zero attached hydrogens (tertiary/aromatic N) is 2. The molecule has 0 radical (unpaired) electrons. The van der Waals surface area contributed by atoms with Gasteiger partial charge in [0, 0.05) is 5.56 Å². The zero-order chi connectivity index (χ0) is 12.6. The summed E-state index contributed by atoms with van der Waals surface area (Å²) in [6.45, 7) is 1.80. The van der Waals surface area contributed by atoms with Crippen LogP contribution in [0.15, 0.2) is 18.2 Å². The summed E-state index contributed by atoms with van der Waals surface area (Å²) in [4.78, 5) is 8.30. The van der Waals surface area contributed by atoms with Crippen LogP contribution in [0.1, 0.15) is 5.69 Å². The highest BCUT2D eigenvalue weighted by molar-refractivity contribution is 14.1. The zero-order valence-electron chi connectivity index (χ0n) is 8.71. The van der Waals surface area contributed by atoms with Crippen molar-refractivity contribution in [3.05, 3.63) is 38.4 Å². The maximum Gasteiger partial charge on any atom is 0.165 e. The molecule has 1 aromatic heterocycles. The van der Waals surface area contributed by atoms with Crippen LogP contribution in [-0.2, 0) is 0 Å². The predicted octanol–water partition coefficient (Wildman–Crippen LogP) is 3.55. The standard InChI is InChI=1S/C11H7ClFIN2O/c1-5-9(14)10(12)16-11(15-5)6-2-3-8(17)7(13)4-6/h2-4,17H,1H3. The Morgan fingerprint density at radius 3 is 2.65 bits per heavy atom. The second-order valence-corrected chi connectivity index (χ2v) is 4.84. The maximum atomic E-state index is 13.2. The fraction of sp³-hybridized carbons (Fsp3) is 0.0909. The highest BCUT2D eigenvalue weighted by Crippen LogP contribution is 2.26. The summed E-state index contributed by atoms with van der Waals surface area (Å²) in [5, 5.41) is 9.44. The van der Waals surface area contributed by atoms with Gasteiger partial charge in [0.05, 0.1) is 9.26 Å². The van der Waals surface area contributed by atoms with Gasteiger partial charge in [0.25, 0.3) is 0 Å². The molecule has 0 fully saturated rings. The minimum Gasteiger partial charge on any atom is -0.505 e. The van der Waals surface area contributed by atoms with E-state index >= 15 is 0 Å². The lowest BCUT2D eigenvalue weighted by Crippen LogP contribution is -1.96. The molecule has 0 aliphatic heterocycles. The fourth-order valence-electron chi connectivity index (χ4n) is 1.30. The minimum absolute atomic E-state index is 0.335. The number of hydrogen-bond donors (Lipinski definition) is 1. The predicted molar refractivity (Wildman–Crippen MR) is 71.6 cm³/mol. The average molecular weight is 365 g/mol. The van der Waals surface area contributed by atoms with Crippen molar-refractivity contribution in [3.8, 4) is 17.1 Å². The second-order valence-electron chi connectivity index (χ2n) is 3.40. The van der Waals surface area contributed by atoms with Gasteiger partial charge in [-0.05, 0) is 47.7 Å². The molecule has 0 spiro atoms. The van der Waals surface area contributed by atoms with Crippen LogP contribution < -0.4 is 0 Å². The first kappa shape index (κ1) is 12.5. The summed E-state index contributed by atoms with van der Waals surface area (Å²) in [5.41, 5.74) is 1.20. The average Bonchev–Trinajstić information content (AvgIpc) is 2.29. The number of phenolic OH excluding ortho intramolecular Hbond substituents is 1. The lowest BCUT2D eigenvalue weighted by atomic mass is 10.2. The largest absolute Gasteiger partial charge is 0.505 e. The molecule has 3 nitrogen and oxygen atoms in total. The van der Waals surface area contributed by atoms with Crippen LogP contribution in [0.4, 0.5) is 4.39 Å². The van der Waals surface area contributed by atoms with E-state index in [1.807, 2.05) is 22.6 Å². The summed E-state index contributed by atoms with van der Waals surface area (Å²) < 4.78 is 14.0. The molecule has 0 saturated carbocycles. The minimum atomic E-state index is -0.710. The number of halogens is 3. The molecule has 1 aromatic carbocycles. The molecular weight excluding hydrogens is 357 g/mol. The van der Waals surface area contributed by atoms with Gasteiger partial charge in [-0.15, -0.1) is 0 Å². The van der Waals surface area contributed by atoms with Crippen LogP contribution in [-0.4, -0.2) is 15.1 Å². The van der Waals surface area contributed by atoms with E-state index in [9.17, 15) is 4.39 Å². The van der Waals surface area contributed by atoms with Gasteiger partial charge in [0.15, 0.2) is 17.4 Å². The lowest BCUT2D eigenvalue weighted by molar-refractivity contribution is 0.432. The molecule has 0 saturated heterocycles. The van der Waals surface area contributed by atoms with Crippen LogP contribution in [0, 0.1) is 16.3 Å². The van der Waals surface area contributed by atoms with E-state index < -0.39 is 11.6 Å². The Kier molecular flexibility index (Phi) is 3.48. The van der Waals surface area contributed by atoms with Gasteiger partial charge in [0.1, 0.15) is 5.15 Å². The molecule has 1 N–H and O–H groups in total. The van der Waals surface area contributed by atoms with Crippen LogP contribution in [0.25, 0.3) is 11.4 Å². The number of rotatable bonds is 1. The molecule has 0 aliphatic rings. The molecule has 0 atom stereocenters. The van der Waals surface area contributed by atoms with E-state index in [0.29, 0.717) is 16.5 Å². The van der Waals surface area contributed by atoms with Crippen molar-refractivity contribution < 1.29 is 9.50 Å². The Labute approximate surface area is 116 Å². The van der Waals surface area contributed by atoms with Crippen molar-refractivity contribution in [2.45, 2.75) is 6.92 Å². The monoisotopic (exact) mass is 364 g/mol. The van der Waals surface area contributed by atoms with Gasteiger partial charge in [-0.1, -0.05) is 11.6 Å². The fourth-order valence-corrected chi connectivity index (χ4v) is 1.76. The van der Waals surface area contributed by atoms with Gasteiger partial charge in [-0.3, -0.25) is 0 Å². The van der Waals surface area contributed by atoms with Gasteiger partial charge in [-0.2, -0.15) is 0 Å². The first-order valence-electron chi connectivity index (χ1n) is 4.67. The Balaban J connectivity index is 2.57. The molecule has 1 heterocycles. The molecule has 2 rings (SSSR count). The molecule has 17 heavy (non-hydrogen) atoms. The second kappa shape index (κ2) is 4.73. The Morgan fingerprint density at radius 1 is 1.35 bits per heavy atom. The molecule has 88 valence electrons. The normalized spacial score (nSPS) is 10.6. The molecule has 0 aliphatic carbocycles. The molecule has 2 aromatic rings. The third-order valence-electron chi connectivity index (χ3n) is 2.18. The topological polar surface area (TPSA) is 46.0 Å². The van der Waals surface area contributed by atoms with Gasteiger partial charge in [0.2, 0.25) is 0 Å². The third kappa shape index (κ3) is 2.50. The molecule has 6 heteroatoms. The van der Waals surface area contributed by atoms with E-state index in [0.717, 1.165) is 9.26 Å². The number of aryl methyl sites for hydroxylation is 1. The van der Waals surface area contributed by atoms with Gasteiger partial charge >= 0.3 is 0 Å². The van der Waals surface area contributed by atoms with Crippen molar-refractivity contribution in [2.24, 2.45) is 0 Å². The lowest BCUT2D eigenvalue weighted by Gasteiger charge is -2.05. The summed E-state index contributed by atoms with van der Waals surface area (Å²) in [5.74, 6) is -0.771. The number of phenols is 1. The Bertz CT molecular complexity index is 569. The van der Waals surface area contributed by atoms with E-state index in [4.69, 9.17) is 16.7 Å². The van der Waals surface area contributed by atoms with Gasteiger partial charge < -0.3 is 5.11 Å². The van der Waals surface area contributed by atoms with Crippen molar-refractivity contribution in [1.29, 1.82) is 0 Å². The molecule has 0 unspecified atom stereocenters. The number of aromatic nitrogens is 2. The van der Waals surface area contributed by atoms with Crippen molar-refractivity contribution in [1.82, 2.24) is 9.97 Å². The van der Waals surface area contributed by atoms with Crippen LogP contribution in [0.2, 0.25) is 5.15 Å². The summed E-state index contributed by atoms with van der Waals surface area (Å²) in [6, 6.07) is 3.97. The summed E-state index contributed by atoms with van der Waals surface area (Å²) in [6.07, 6.45) is 0. The maximum absolute atomic E-state index is 13.2. The van der Waals surface area contributed by atoms with Crippen molar-refractivity contribution >= 4 is 34.2 Å². The molecule has 0 amide bonds. The Morgan fingerprint density at radius 2 is 2.06 bits per heavy atom. The number of aromatic hydroxyl groups is 1. The summed E-state index contributed by atoms with van der Waals surface area (Å²) >= 11 is 7.98. The molecule has 0 bridgehead atoms. The van der Waals surface area contributed by atoms with Crippen LogP contribution in [0.3, 0.4) is 0 Å². The smallest absolute Gasteiger partial charge is 0.165 e.